The van der Waals surface area contributed by atoms with Crippen molar-refractivity contribution in [2.75, 3.05) is 11.8 Å². The number of methoxy groups -OCH3 is 1. The third kappa shape index (κ3) is 3.49. The predicted octanol–water partition coefficient (Wildman–Crippen LogP) is 5.79. The van der Waals surface area contributed by atoms with Crippen molar-refractivity contribution in [2.45, 2.75) is 4.90 Å². The van der Waals surface area contributed by atoms with Gasteiger partial charge in [0.1, 0.15) is 12.0 Å². The maximum absolute atomic E-state index is 10.8. The van der Waals surface area contributed by atoms with Gasteiger partial charge in [-0.15, -0.1) is 0 Å². The Labute approximate surface area is 168 Å². The number of hydrogen-bond donors (Lipinski definition) is 1. The molecule has 1 aromatic heterocycles. The molecule has 0 fully saturated rings. The van der Waals surface area contributed by atoms with Crippen molar-refractivity contribution in [1.82, 2.24) is 4.57 Å². The van der Waals surface area contributed by atoms with Crippen LogP contribution in [0.2, 0.25) is 0 Å². The summed E-state index contributed by atoms with van der Waals surface area (Å²) in [6, 6.07) is 21.9. The number of benzene rings is 3. The number of aldehydes is 1. The second kappa shape index (κ2) is 7.82. The quantitative estimate of drug-likeness (QED) is 0.336. The summed E-state index contributed by atoms with van der Waals surface area (Å²) in [5.74, 6) is 0.859. The fraction of sp³-hybridized carbons (Fsp3) is 0.0870. The average Bonchev–Trinajstić information content (AvgIpc) is 3.08. The Morgan fingerprint density at radius 1 is 1.00 bits per heavy atom. The Morgan fingerprint density at radius 3 is 2.54 bits per heavy atom. The van der Waals surface area contributed by atoms with Gasteiger partial charge in [0.05, 0.1) is 7.11 Å². The van der Waals surface area contributed by atoms with Crippen molar-refractivity contribution in [2.24, 2.45) is 7.05 Å². The zero-order chi connectivity index (χ0) is 19.5. The normalized spacial score (nSPS) is 10.8. The van der Waals surface area contributed by atoms with E-state index in [0.29, 0.717) is 5.56 Å². The molecule has 0 bridgehead atoms. The minimum Gasteiger partial charge on any atom is -0.496 e. The monoisotopic (exact) mass is 388 g/mol. The van der Waals surface area contributed by atoms with Crippen molar-refractivity contribution in [1.29, 1.82) is 0 Å². The fourth-order valence-corrected chi connectivity index (χ4v) is 3.90. The number of nitrogens with one attached hydrogen (secondary N) is 1. The minimum absolute atomic E-state index is 0.677. The number of nitrogens with zero attached hydrogens (tertiary/aromatic N) is 1. The number of carbonyl (C=O) groups is 1. The molecular weight excluding hydrogens is 368 g/mol. The maximum atomic E-state index is 10.8. The van der Waals surface area contributed by atoms with Crippen molar-refractivity contribution in [3.63, 3.8) is 0 Å². The van der Waals surface area contributed by atoms with Crippen LogP contribution in [0.25, 0.3) is 22.0 Å². The van der Waals surface area contributed by atoms with Gasteiger partial charge in [-0.3, -0.25) is 4.79 Å². The Bertz CT molecular complexity index is 1130. The molecule has 0 amide bonds. The van der Waals surface area contributed by atoms with Crippen molar-refractivity contribution in [3.8, 4) is 16.9 Å². The number of aromatic nitrogens is 1. The van der Waals surface area contributed by atoms with E-state index in [1.54, 1.807) is 7.11 Å². The lowest BCUT2D eigenvalue weighted by Gasteiger charge is -2.09. The highest BCUT2D eigenvalue weighted by atomic mass is 32.2. The van der Waals surface area contributed by atoms with Crippen LogP contribution in [0.3, 0.4) is 0 Å². The first-order chi connectivity index (χ1) is 13.7. The maximum Gasteiger partial charge on any atom is 0.150 e. The summed E-state index contributed by atoms with van der Waals surface area (Å²) in [6.45, 7) is 0. The van der Waals surface area contributed by atoms with E-state index < -0.39 is 0 Å². The Morgan fingerprint density at radius 2 is 1.79 bits per heavy atom. The van der Waals surface area contributed by atoms with E-state index in [9.17, 15) is 4.79 Å². The summed E-state index contributed by atoms with van der Waals surface area (Å²) >= 11 is 1.52. The molecule has 0 unspecified atom stereocenters. The van der Waals surface area contributed by atoms with Gasteiger partial charge in [0.15, 0.2) is 0 Å². The van der Waals surface area contributed by atoms with Gasteiger partial charge in [0.25, 0.3) is 0 Å². The summed E-state index contributed by atoms with van der Waals surface area (Å²) in [4.78, 5) is 11.8. The molecule has 5 heteroatoms. The summed E-state index contributed by atoms with van der Waals surface area (Å²) in [5, 5.41) is 1.16. The minimum atomic E-state index is 0.677. The zero-order valence-corrected chi connectivity index (χ0v) is 16.5. The largest absolute Gasteiger partial charge is 0.496 e. The predicted molar refractivity (Wildman–Crippen MR) is 116 cm³/mol. The lowest BCUT2D eigenvalue weighted by Crippen LogP contribution is -1.89. The second-order valence-corrected chi connectivity index (χ2v) is 7.36. The highest BCUT2D eigenvalue weighted by molar-refractivity contribution is 8.00. The lowest BCUT2D eigenvalue weighted by molar-refractivity contribution is 0.112. The summed E-state index contributed by atoms with van der Waals surface area (Å²) < 4.78 is 11.1. The van der Waals surface area contributed by atoms with E-state index in [0.717, 1.165) is 44.6 Å². The van der Waals surface area contributed by atoms with Crippen LogP contribution in [-0.2, 0) is 7.05 Å². The van der Waals surface area contributed by atoms with Crippen LogP contribution in [-0.4, -0.2) is 18.0 Å². The number of aryl methyl sites for hydroxylation is 1. The summed E-state index contributed by atoms with van der Waals surface area (Å²) in [7, 11) is 3.75. The number of rotatable bonds is 6. The number of carbonyl (C=O) groups excluding carboxylic acids is 1. The molecule has 1 heterocycles. The molecule has 4 aromatic rings. The Balaban J connectivity index is 1.67. The Kier molecular flexibility index (Phi) is 5.08. The lowest BCUT2D eigenvalue weighted by atomic mass is 10.0. The van der Waals surface area contributed by atoms with Gasteiger partial charge in [-0.25, -0.2) is 0 Å². The highest BCUT2D eigenvalue weighted by Crippen LogP contribution is 2.37. The van der Waals surface area contributed by atoms with Crippen LogP contribution in [0.1, 0.15) is 10.4 Å². The van der Waals surface area contributed by atoms with Crippen LogP contribution in [0.15, 0.2) is 77.8 Å². The van der Waals surface area contributed by atoms with Gasteiger partial charge in [0.2, 0.25) is 0 Å². The molecule has 0 aliphatic heterocycles. The van der Waals surface area contributed by atoms with E-state index >= 15 is 0 Å². The van der Waals surface area contributed by atoms with E-state index in [4.69, 9.17) is 4.74 Å². The number of fused-ring (bicyclic) bond motifs is 1. The van der Waals surface area contributed by atoms with E-state index in [2.05, 4.69) is 46.8 Å². The molecule has 140 valence electrons. The second-order valence-electron chi connectivity index (χ2n) is 6.48. The molecule has 4 rings (SSSR count). The van der Waals surface area contributed by atoms with E-state index in [1.165, 1.54) is 11.9 Å². The van der Waals surface area contributed by atoms with Crippen LogP contribution in [0.5, 0.6) is 5.75 Å². The molecule has 4 nitrogen and oxygen atoms in total. The molecule has 3 aromatic carbocycles. The third-order valence-corrected chi connectivity index (χ3v) is 5.54. The molecule has 0 spiro atoms. The highest BCUT2D eigenvalue weighted by Gasteiger charge is 2.13. The molecule has 0 atom stereocenters. The molecule has 0 radical (unpaired) electrons. The van der Waals surface area contributed by atoms with Crippen molar-refractivity contribution < 1.29 is 9.53 Å². The van der Waals surface area contributed by atoms with Crippen LogP contribution >= 0.6 is 11.9 Å². The first kappa shape index (κ1) is 18.2. The molecular formula is C23H20N2O2S. The smallest absolute Gasteiger partial charge is 0.150 e. The van der Waals surface area contributed by atoms with Gasteiger partial charge in [-0.05, 0) is 48.3 Å². The third-order valence-electron chi connectivity index (χ3n) is 4.69. The average molecular weight is 388 g/mol. The van der Waals surface area contributed by atoms with Crippen molar-refractivity contribution >= 4 is 34.8 Å². The van der Waals surface area contributed by atoms with E-state index in [1.807, 2.05) is 42.5 Å². The first-order valence-electron chi connectivity index (χ1n) is 8.90. The zero-order valence-electron chi connectivity index (χ0n) is 15.7. The molecule has 0 saturated heterocycles. The number of hydrogen-bond acceptors (Lipinski definition) is 4. The van der Waals surface area contributed by atoms with Gasteiger partial charge in [-0.2, -0.15) is 0 Å². The Hall–Kier alpha value is -3.18. The van der Waals surface area contributed by atoms with Gasteiger partial charge < -0.3 is 14.0 Å². The van der Waals surface area contributed by atoms with Gasteiger partial charge in [0, 0.05) is 51.4 Å². The molecule has 0 saturated carbocycles. The molecule has 0 aliphatic rings. The number of ether oxygens (including phenoxy) is 1. The van der Waals surface area contributed by atoms with Crippen LogP contribution in [0, 0.1) is 0 Å². The van der Waals surface area contributed by atoms with Crippen LogP contribution < -0.4 is 9.46 Å². The summed E-state index contributed by atoms with van der Waals surface area (Å²) in [5.41, 5.74) is 5.06. The van der Waals surface area contributed by atoms with E-state index in [-0.39, 0.29) is 0 Å². The van der Waals surface area contributed by atoms with Gasteiger partial charge >= 0.3 is 0 Å². The first-order valence-corrected chi connectivity index (χ1v) is 9.72. The topological polar surface area (TPSA) is 43.3 Å². The standard InChI is InChI=1S/C23H20N2O2S/c1-25-14-21(19-5-3-4-6-23(19)27-2)20-13-17(9-12-22(20)25)24-28-18-10-7-16(15-26)8-11-18/h3-15,24H,1-2H3. The summed E-state index contributed by atoms with van der Waals surface area (Å²) in [6.07, 6.45) is 2.99. The number of anilines is 1. The van der Waals surface area contributed by atoms with Gasteiger partial charge in [-0.1, -0.05) is 30.3 Å². The SMILES string of the molecule is COc1ccccc1-c1cn(C)c2ccc(NSc3ccc(C=O)cc3)cc12. The fourth-order valence-electron chi connectivity index (χ4n) is 3.27. The molecule has 0 aliphatic carbocycles. The van der Waals surface area contributed by atoms with Crippen LogP contribution in [0.4, 0.5) is 5.69 Å². The molecule has 28 heavy (non-hydrogen) atoms. The molecule has 1 N–H and O–H groups in total. The van der Waals surface area contributed by atoms with Crippen molar-refractivity contribution in [3.05, 3.63) is 78.5 Å². The number of para-hydroxylation sites is 1.